The summed E-state index contributed by atoms with van der Waals surface area (Å²) >= 11 is 1.67. The molecular weight excluding hydrogens is 202 g/mol. The monoisotopic (exact) mass is 220 g/mol. The summed E-state index contributed by atoms with van der Waals surface area (Å²) < 4.78 is 0. The number of carboxylic acid groups (broad SMARTS) is 1. The summed E-state index contributed by atoms with van der Waals surface area (Å²) in [5, 5.41) is 8.49. The molecule has 14 heavy (non-hydrogen) atoms. The highest BCUT2D eigenvalue weighted by Crippen LogP contribution is 2.02. The number of carbonyl (C=O) groups is 1. The van der Waals surface area contributed by atoms with Crippen LogP contribution in [-0.2, 0) is 4.79 Å². The highest BCUT2D eigenvalue weighted by Gasteiger charge is 2.09. The third-order valence-corrected chi connectivity index (χ3v) is 2.56. The van der Waals surface area contributed by atoms with E-state index in [-0.39, 0.29) is 0 Å². The first-order chi connectivity index (χ1) is 6.54. The van der Waals surface area contributed by atoms with Crippen LogP contribution in [0.15, 0.2) is 0 Å². The summed E-state index contributed by atoms with van der Waals surface area (Å²) in [6.45, 7) is 2.60. The molecule has 0 saturated carbocycles. The van der Waals surface area contributed by atoms with Crippen molar-refractivity contribution in [3.63, 3.8) is 0 Å². The van der Waals surface area contributed by atoms with Gasteiger partial charge in [0.05, 0.1) is 6.54 Å². The minimum Gasteiger partial charge on any atom is -0.480 e. The summed E-state index contributed by atoms with van der Waals surface area (Å²) in [4.78, 5) is 13.3. The molecule has 82 valence electrons. The van der Waals surface area contributed by atoms with E-state index in [1.807, 2.05) is 0 Å². The van der Waals surface area contributed by atoms with E-state index in [1.54, 1.807) is 18.7 Å². The Hall–Kier alpha value is -0.750. The number of hydrogen-bond donors (Lipinski definition) is 4. The number of nitrogens with one attached hydrogen (secondary N) is 1. The Balaban J connectivity index is 3.30. The molecular formula is C8H18N3O2S+. The fraction of sp³-hybridized carbons (Fsp3) is 0.750. The van der Waals surface area contributed by atoms with Crippen molar-refractivity contribution in [2.75, 3.05) is 18.1 Å². The number of aliphatic carboxylic acids is 1. The second-order valence-corrected chi connectivity index (χ2v) is 4.18. The van der Waals surface area contributed by atoms with Gasteiger partial charge in [-0.15, -0.1) is 0 Å². The predicted octanol–water partition coefficient (Wildman–Crippen LogP) is -2.02. The molecule has 1 atom stereocenters. The lowest BCUT2D eigenvalue weighted by Gasteiger charge is -2.04. The number of amidine groups is 1. The van der Waals surface area contributed by atoms with E-state index in [0.29, 0.717) is 12.3 Å². The average molecular weight is 220 g/mol. The summed E-state index contributed by atoms with van der Waals surface area (Å²) in [5.74, 6) is 1.43. The van der Waals surface area contributed by atoms with Crippen molar-refractivity contribution in [3.8, 4) is 0 Å². The topological polar surface area (TPSA) is 103 Å². The lowest BCUT2D eigenvalue weighted by molar-refractivity contribution is -0.452. The molecule has 0 amide bonds. The van der Waals surface area contributed by atoms with Crippen LogP contribution in [0.1, 0.15) is 13.3 Å². The first-order valence-corrected chi connectivity index (χ1v) is 5.58. The van der Waals surface area contributed by atoms with Crippen molar-refractivity contribution in [2.24, 2.45) is 11.5 Å². The number of carboxylic acids is 1. The van der Waals surface area contributed by atoms with Gasteiger partial charge >= 0.3 is 5.97 Å². The first kappa shape index (κ1) is 13.2. The normalized spacial score (nSPS) is 14.0. The number of thioether (sulfide) groups is 1. The highest BCUT2D eigenvalue weighted by atomic mass is 32.2. The zero-order chi connectivity index (χ0) is 11.0. The third kappa shape index (κ3) is 7.88. The molecule has 0 radical (unpaired) electrons. The van der Waals surface area contributed by atoms with Crippen molar-refractivity contribution in [2.45, 2.75) is 19.4 Å². The summed E-state index contributed by atoms with van der Waals surface area (Å²) in [6.07, 6.45) is 0.505. The molecule has 0 aromatic rings. The Bertz CT molecular complexity index is 205. The zero-order valence-electron chi connectivity index (χ0n) is 8.32. The van der Waals surface area contributed by atoms with Gasteiger partial charge in [-0.1, -0.05) is 0 Å². The second-order valence-electron chi connectivity index (χ2n) is 2.96. The van der Waals surface area contributed by atoms with Crippen molar-refractivity contribution in [3.05, 3.63) is 0 Å². The van der Waals surface area contributed by atoms with Crippen LogP contribution in [0.25, 0.3) is 0 Å². The number of rotatable bonds is 7. The minimum absolute atomic E-state index is 0.505. The molecule has 0 spiro atoms. The SMILES string of the molecule is CC(N)=[NH+]CCSCCC(N)C(=O)O. The molecule has 0 heterocycles. The second kappa shape index (κ2) is 7.64. The van der Waals surface area contributed by atoms with Gasteiger partial charge in [-0.3, -0.25) is 15.5 Å². The molecule has 6 heteroatoms. The maximum Gasteiger partial charge on any atom is 0.320 e. The Morgan fingerprint density at radius 3 is 2.71 bits per heavy atom. The van der Waals surface area contributed by atoms with Gasteiger partial charge < -0.3 is 10.8 Å². The first-order valence-electron chi connectivity index (χ1n) is 4.43. The smallest absolute Gasteiger partial charge is 0.320 e. The Kier molecular flexibility index (Phi) is 7.23. The van der Waals surface area contributed by atoms with Crippen LogP contribution in [0.5, 0.6) is 0 Å². The van der Waals surface area contributed by atoms with Crippen LogP contribution in [0, 0.1) is 0 Å². The van der Waals surface area contributed by atoms with E-state index >= 15 is 0 Å². The van der Waals surface area contributed by atoms with Crippen molar-refractivity contribution < 1.29 is 14.9 Å². The van der Waals surface area contributed by atoms with Crippen molar-refractivity contribution in [1.82, 2.24) is 0 Å². The van der Waals surface area contributed by atoms with Crippen LogP contribution in [0.4, 0.5) is 0 Å². The van der Waals surface area contributed by atoms with Crippen molar-refractivity contribution >= 4 is 23.6 Å². The molecule has 0 aromatic heterocycles. The maximum absolute atomic E-state index is 10.3. The van der Waals surface area contributed by atoms with E-state index in [1.165, 1.54) is 0 Å². The summed E-state index contributed by atoms with van der Waals surface area (Å²) in [7, 11) is 0. The van der Waals surface area contributed by atoms with Crippen LogP contribution >= 0.6 is 11.8 Å². The molecule has 0 fully saturated rings. The molecule has 5 nitrogen and oxygen atoms in total. The van der Waals surface area contributed by atoms with E-state index in [2.05, 4.69) is 4.99 Å². The summed E-state index contributed by atoms with van der Waals surface area (Å²) in [6, 6.07) is -0.738. The molecule has 0 aromatic carbocycles. The highest BCUT2D eigenvalue weighted by molar-refractivity contribution is 7.99. The van der Waals surface area contributed by atoms with Crippen LogP contribution in [0.2, 0.25) is 0 Å². The average Bonchev–Trinajstić information content (AvgIpc) is 2.09. The summed E-state index contributed by atoms with van der Waals surface area (Å²) in [5.41, 5.74) is 10.7. The number of nitrogens with two attached hydrogens (primary N) is 2. The van der Waals surface area contributed by atoms with Gasteiger partial charge in [-0.2, -0.15) is 11.8 Å². The fourth-order valence-electron chi connectivity index (χ4n) is 0.756. The molecule has 1 unspecified atom stereocenters. The minimum atomic E-state index is -0.935. The number of hydrogen-bond acceptors (Lipinski definition) is 3. The quantitative estimate of drug-likeness (QED) is 0.225. The molecule has 0 bridgehead atoms. The molecule has 0 saturated heterocycles. The zero-order valence-corrected chi connectivity index (χ0v) is 9.14. The van der Waals surface area contributed by atoms with E-state index in [0.717, 1.165) is 18.1 Å². The van der Waals surface area contributed by atoms with Gasteiger partial charge in [0.2, 0.25) is 5.84 Å². The van der Waals surface area contributed by atoms with E-state index < -0.39 is 12.0 Å². The Labute approximate surface area is 87.9 Å². The standard InChI is InChI=1S/C8H17N3O2S/c1-6(9)11-3-5-14-4-2-7(10)8(12)13/h7H,2-5,10H2,1H3,(H2,9,11)(H,12,13)/p+1. The third-order valence-electron chi connectivity index (χ3n) is 1.54. The van der Waals surface area contributed by atoms with Crippen LogP contribution in [0.3, 0.4) is 0 Å². The van der Waals surface area contributed by atoms with Crippen LogP contribution < -0.4 is 16.5 Å². The van der Waals surface area contributed by atoms with Gasteiger partial charge in [0, 0.05) is 12.7 Å². The van der Waals surface area contributed by atoms with Gasteiger partial charge in [0.25, 0.3) is 0 Å². The predicted molar refractivity (Wildman–Crippen MR) is 58.3 cm³/mol. The van der Waals surface area contributed by atoms with Gasteiger partial charge in [-0.25, -0.2) is 0 Å². The van der Waals surface area contributed by atoms with Crippen molar-refractivity contribution in [1.29, 1.82) is 0 Å². The van der Waals surface area contributed by atoms with Crippen LogP contribution in [-0.4, -0.2) is 41.0 Å². The molecule has 6 N–H and O–H groups in total. The maximum atomic E-state index is 10.3. The lowest BCUT2D eigenvalue weighted by atomic mass is 10.2. The molecule has 0 aliphatic rings. The lowest BCUT2D eigenvalue weighted by Crippen LogP contribution is -2.75. The molecule has 0 aliphatic heterocycles. The van der Waals surface area contributed by atoms with Gasteiger partial charge in [0.15, 0.2) is 0 Å². The van der Waals surface area contributed by atoms with Gasteiger partial charge in [0.1, 0.15) is 6.04 Å². The largest absolute Gasteiger partial charge is 0.480 e. The van der Waals surface area contributed by atoms with Gasteiger partial charge in [-0.05, 0) is 12.2 Å². The van der Waals surface area contributed by atoms with E-state index in [9.17, 15) is 4.79 Å². The Morgan fingerprint density at radius 1 is 1.57 bits per heavy atom. The molecule has 0 aliphatic carbocycles. The fourth-order valence-corrected chi connectivity index (χ4v) is 1.63. The van der Waals surface area contributed by atoms with E-state index in [4.69, 9.17) is 16.6 Å². The molecule has 0 rings (SSSR count). The Morgan fingerprint density at radius 2 is 2.21 bits per heavy atom.